The average molecular weight is 404 g/mol. The molecule has 1 saturated heterocycles. The van der Waals surface area contributed by atoms with E-state index in [1.807, 2.05) is 22.4 Å². The molecule has 3 aromatic rings. The van der Waals surface area contributed by atoms with E-state index in [1.165, 1.54) is 29.2 Å². The van der Waals surface area contributed by atoms with Crippen molar-refractivity contribution < 1.29 is 9.90 Å². The normalized spacial score (nSPS) is 14.5. The summed E-state index contributed by atoms with van der Waals surface area (Å²) < 4.78 is 0. The van der Waals surface area contributed by atoms with Crippen LogP contribution in [-0.4, -0.2) is 39.0 Å². The van der Waals surface area contributed by atoms with Gasteiger partial charge in [0.05, 0.1) is 17.7 Å². The molecule has 0 spiro atoms. The molecule has 3 heterocycles. The molecule has 1 aromatic carbocycles. The summed E-state index contributed by atoms with van der Waals surface area (Å²) in [5.41, 5.74) is 2.64. The van der Waals surface area contributed by atoms with Gasteiger partial charge in [0.2, 0.25) is 5.91 Å². The van der Waals surface area contributed by atoms with Crippen LogP contribution in [0.15, 0.2) is 48.0 Å². The lowest BCUT2D eigenvalue weighted by atomic mass is 9.89. The molecule has 0 unspecified atom stereocenters. The van der Waals surface area contributed by atoms with Crippen molar-refractivity contribution in [1.29, 1.82) is 5.26 Å². The first-order chi connectivity index (χ1) is 14.1. The molecule has 1 amide bonds. The molecule has 0 aliphatic carbocycles. The predicted octanol–water partition coefficient (Wildman–Crippen LogP) is 3.73. The van der Waals surface area contributed by atoms with Gasteiger partial charge in [-0.15, -0.1) is 11.3 Å². The molecule has 146 valence electrons. The van der Waals surface area contributed by atoms with E-state index >= 15 is 0 Å². The first kappa shape index (κ1) is 19.1. The van der Waals surface area contributed by atoms with Gasteiger partial charge in [-0.25, -0.2) is 9.97 Å². The first-order valence-corrected chi connectivity index (χ1v) is 10.4. The Kier molecular flexibility index (Phi) is 5.54. The Morgan fingerprint density at radius 2 is 2.03 bits per heavy atom. The first-order valence-electron chi connectivity index (χ1n) is 9.50. The van der Waals surface area contributed by atoms with Crippen LogP contribution in [0, 0.1) is 11.3 Å². The fourth-order valence-electron chi connectivity index (χ4n) is 3.63. The van der Waals surface area contributed by atoms with Gasteiger partial charge < -0.3 is 10.0 Å². The summed E-state index contributed by atoms with van der Waals surface area (Å²) in [6.45, 7) is 1.51. The molecule has 29 heavy (non-hydrogen) atoms. The maximum Gasteiger partial charge on any atom is 0.228 e. The van der Waals surface area contributed by atoms with Crippen molar-refractivity contribution in [2.75, 3.05) is 13.1 Å². The quantitative estimate of drug-likeness (QED) is 0.716. The van der Waals surface area contributed by atoms with Gasteiger partial charge in [-0.05, 0) is 24.3 Å². The summed E-state index contributed by atoms with van der Waals surface area (Å²) in [5, 5.41) is 21.3. The largest absolute Gasteiger partial charge is 0.506 e. The van der Waals surface area contributed by atoms with E-state index in [0.29, 0.717) is 22.3 Å². The molecular formula is C22H20N4O2S. The number of likely N-dealkylation sites (tertiary alicyclic amines) is 1. The lowest BCUT2D eigenvalue weighted by Gasteiger charge is -2.32. The van der Waals surface area contributed by atoms with Gasteiger partial charge in [0.1, 0.15) is 22.5 Å². The Hall–Kier alpha value is -3.24. The number of benzene rings is 1. The molecule has 0 atom stereocenters. The van der Waals surface area contributed by atoms with Crippen molar-refractivity contribution in [1.82, 2.24) is 14.9 Å². The zero-order valence-corrected chi connectivity index (χ0v) is 16.6. The smallest absolute Gasteiger partial charge is 0.228 e. The third-order valence-corrected chi connectivity index (χ3v) is 6.10. The number of rotatable bonds is 4. The molecule has 0 saturated carbocycles. The lowest BCUT2D eigenvalue weighted by molar-refractivity contribution is -0.131. The van der Waals surface area contributed by atoms with E-state index in [4.69, 9.17) is 5.26 Å². The highest BCUT2D eigenvalue weighted by Crippen LogP contribution is 2.31. The zero-order valence-electron chi connectivity index (χ0n) is 15.8. The number of carbonyl (C=O) groups is 1. The number of thiazole rings is 1. The number of carbonyl (C=O) groups excluding carboxylic acids is 1. The number of aromatic hydroxyl groups is 1. The summed E-state index contributed by atoms with van der Waals surface area (Å²) in [6.07, 6.45) is 3.59. The Labute approximate surface area is 173 Å². The number of hydrogen-bond acceptors (Lipinski definition) is 6. The van der Waals surface area contributed by atoms with Crippen molar-refractivity contribution in [3.05, 3.63) is 64.8 Å². The maximum atomic E-state index is 12.7. The van der Waals surface area contributed by atoms with E-state index in [1.54, 1.807) is 0 Å². The van der Waals surface area contributed by atoms with Gasteiger partial charge in [0.15, 0.2) is 0 Å². The second kappa shape index (κ2) is 8.41. The van der Waals surface area contributed by atoms with E-state index < -0.39 is 0 Å². The minimum Gasteiger partial charge on any atom is -0.506 e. The third kappa shape index (κ3) is 4.28. The molecule has 0 radical (unpaired) electrons. The Morgan fingerprint density at radius 1 is 1.28 bits per heavy atom. The second-order valence-corrected chi connectivity index (χ2v) is 7.95. The van der Waals surface area contributed by atoms with Crippen molar-refractivity contribution in [3.8, 4) is 22.5 Å². The van der Waals surface area contributed by atoms with Crippen LogP contribution in [0.4, 0.5) is 0 Å². The summed E-state index contributed by atoms with van der Waals surface area (Å²) in [6, 6.07) is 13.8. The monoisotopic (exact) mass is 404 g/mol. The van der Waals surface area contributed by atoms with Crippen LogP contribution < -0.4 is 0 Å². The number of nitrogens with zero attached hydrogens (tertiary/aromatic N) is 4. The molecular weight excluding hydrogens is 384 g/mol. The maximum absolute atomic E-state index is 12.7. The molecule has 0 bridgehead atoms. The van der Waals surface area contributed by atoms with Crippen molar-refractivity contribution in [2.45, 2.75) is 25.2 Å². The number of amides is 1. The second-order valence-electron chi connectivity index (χ2n) is 7.09. The van der Waals surface area contributed by atoms with Crippen LogP contribution in [0.3, 0.4) is 0 Å². The molecule has 4 rings (SSSR count). The Bertz CT molecular complexity index is 1050. The van der Waals surface area contributed by atoms with Crippen LogP contribution in [0.2, 0.25) is 0 Å². The molecule has 1 N–H and O–H groups in total. The zero-order chi connectivity index (χ0) is 20.2. The highest BCUT2D eigenvalue weighted by atomic mass is 32.1. The highest BCUT2D eigenvalue weighted by Gasteiger charge is 2.24. The van der Waals surface area contributed by atoms with Gasteiger partial charge in [-0.1, -0.05) is 30.3 Å². The summed E-state index contributed by atoms with van der Waals surface area (Å²) in [7, 11) is 0. The van der Waals surface area contributed by atoms with Gasteiger partial charge in [-0.3, -0.25) is 4.79 Å². The lowest BCUT2D eigenvalue weighted by Crippen LogP contribution is -2.38. The third-order valence-electron chi connectivity index (χ3n) is 5.20. The topological polar surface area (TPSA) is 90.1 Å². The molecule has 1 fully saturated rings. The Balaban J connectivity index is 1.37. The van der Waals surface area contributed by atoms with E-state index in [9.17, 15) is 9.90 Å². The number of pyridine rings is 1. The van der Waals surface area contributed by atoms with Crippen LogP contribution in [0.1, 0.15) is 35.6 Å². The SMILES string of the molecule is N#Cc1cnc(-c2nc(CC(=O)N3CCC(c4ccccc4)CC3)cs2)c(O)c1. The van der Waals surface area contributed by atoms with Gasteiger partial charge in [0.25, 0.3) is 0 Å². The average Bonchev–Trinajstić information content (AvgIpc) is 3.22. The fraction of sp³-hybridized carbons (Fsp3) is 0.273. The van der Waals surface area contributed by atoms with Crippen LogP contribution >= 0.6 is 11.3 Å². The number of nitriles is 1. The number of hydrogen-bond donors (Lipinski definition) is 1. The van der Waals surface area contributed by atoms with Crippen molar-refractivity contribution in [2.24, 2.45) is 0 Å². The number of aromatic nitrogens is 2. The van der Waals surface area contributed by atoms with E-state index in [-0.39, 0.29) is 23.6 Å². The van der Waals surface area contributed by atoms with Gasteiger partial charge in [-0.2, -0.15) is 5.26 Å². The highest BCUT2D eigenvalue weighted by molar-refractivity contribution is 7.13. The summed E-state index contributed by atoms with van der Waals surface area (Å²) >= 11 is 1.33. The van der Waals surface area contributed by atoms with Gasteiger partial charge in [0, 0.05) is 30.7 Å². The fourth-order valence-corrected chi connectivity index (χ4v) is 4.45. The van der Waals surface area contributed by atoms with Gasteiger partial charge >= 0.3 is 0 Å². The van der Waals surface area contributed by atoms with Crippen molar-refractivity contribution >= 4 is 17.2 Å². The summed E-state index contributed by atoms with van der Waals surface area (Å²) in [4.78, 5) is 23.2. The molecule has 2 aromatic heterocycles. The van der Waals surface area contributed by atoms with Crippen LogP contribution in [0.25, 0.3) is 10.7 Å². The van der Waals surface area contributed by atoms with Crippen molar-refractivity contribution in [3.63, 3.8) is 0 Å². The molecule has 1 aliphatic heterocycles. The predicted molar refractivity (Wildman–Crippen MR) is 110 cm³/mol. The molecule has 7 heteroatoms. The van der Waals surface area contributed by atoms with Crippen LogP contribution in [0.5, 0.6) is 5.75 Å². The standard InChI is InChI=1S/C22H20N4O2S/c23-12-15-10-19(27)21(24-13-15)22-25-18(14-29-22)11-20(28)26-8-6-17(7-9-26)16-4-2-1-3-5-16/h1-5,10,13-14,17,27H,6-9,11H2. The molecule has 1 aliphatic rings. The van der Waals surface area contributed by atoms with Crippen LogP contribution in [-0.2, 0) is 11.2 Å². The summed E-state index contributed by atoms with van der Waals surface area (Å²) in [5.74, 6) is 0.501. The minimum atomic E-state index is -0.0840. The Morgan fingerprint density at radius 3 is 2.72 bits per heavy atom. The van der Waals surface area contributed by atoms with E-state index in [0.717, 1.165) is 25.9 Å². The molecule has 6 nitrogen and oxygen atoms in total. The number of piperidine rings is 1. The van der Waals surface area contributed by atoms with E-state index in [2.05, 4.69) is 34.2 Å². The minimum absolute atomic E-state index is 0.0744.